The van der Waals surface area contributed by atoms with Crippen molar-refractivity contribution in [1.29, 1.82) is 0 Å². The fourth-order valence-corrected chi connectivity index (χ4v) is 1.05. The molecule has 0 atom stereocenters. The Hall–Kier alpha value is -1.23. The van der Waals surface area contributed by atoms with Crippen molar-refractivity contribution in [1.82, 2.24) is 9.97 Å². The van der Waals surface area contributed by atoms with Crippen LogP contribution >= 0.6 is 11.8 Å². The minimum absolute atomic E-state index is 0.278. The number of rotatable bonds is 3. The number of thioether (sulfide) groups is 1. The highest BCUT2D eigenvalue weighted by Gasteiger charge is 2.04. The van der Waals surface area contributed by atoms with E-state index in [9.17, 15) is 4.79 Å². The number of hydrogen-bond donors (Lipinski definition) is 2. The number of H-pyrrole nitrogens is 1. The third kappa shape index (κ3) is 2.12. The van der Waals surface area contributed by atoms with Crippen LogP contribution in [0.25, 0.3) is 0 Å². The van der Waals surface area contributed by atoms with Gasteiger partial charge in [-0.15, -0.1) is 0 Å². The molecule has 1 rings (SSSR count). The summed E-state index contributed by atoms with van der Waals surface area (Å²) in [6.07, 6.45) is 3.26. The van der Waals surface area contributed by atoms with E-state index in [-0.39, 0.29) is 4.91 Å². The van der Waals surface area contributed by atoms with Gasteiger partial charge in [0.2, 0.25) is 0 Å². The molecule has 0 saturated carbocycles. The van der Waals surface area contributed by atoms with Gasteiger partial charge in [0, 0.05) is 12.4 Å². The van der Waals surface area contributed by atoms with Gasteiger partial charge >= 0.3 is 0 Å². The summed E-state index contributed by atoms with van der Waals surface area (Å²) in [5, 5.41) is 0.619. The van der Waals surface area contributed by atoms with Crippen molar-refractivity contribution in [2.75, 3.05) is 0 Å². The van der Waals surface area contributed by atoms with Crippen LogP contribution in [0, 0.1) is 0 Å². The summed E-state index contributed by atoms with van der Waals surface area (Å²) in [6, 6.07) is 0. The Bertz CT molecular complexity index is 267. The highest BCUT2D eigenvalue weighted by molar-refractivity contribution is 8.03. The predicted octanol–water partition coefficient (Wildman–Crippen LogP) is 0.501. The average Bonchev–Trinajstić information content (AvgIpc) is 2.39. The van der Waals surface area contributed by atoms with Crippen LogP contribution in [-0.4, -0.2) is 15.9 Å². The van der Waals surface area contributed by atoms with Crippen molar-refractivity contribution in [3.63, 3.8) is 0 Å². The smallest absolute Gasteiger partial charge is 0.254 e. The zero-order valence-corrected chi connectivity index (χ0v) is 6.52. The Balaban J connectivity index is 2.57. The standard InChI is InChI=1S/C6H7N3OS/c1-4(5(7)10)11-6-8-2-3-9-6/h2-3H,1H2,(H2,7,10)(H,8,9). The van der Waals surface area contributed by atoms with Gasteiger partial charge in [0.1, 0.15) is 0 Å². The maximum absolute atomic E-state index is 10.5. The lowest BCUT2D eigenvalue weighted by molar-refractivity contribution is -0.113. The zero-order valence-electron chi connectivity index (χ0n) is 5.70. The zero-order chi connectivity index (χ0) is 8.27. The Morgan fingerprint density at radius 2 is 2.55 bits per heavy atom. The quantitative estimate of drug-likeness (QED) is 0.511. The molecule has 0 aliphatic rings. The number of aromatic nitrogens is 2. The molecule has 1 heterocycles. The molecule has 11 heavy (non-hydrogen) atoms. The van der Waals surface area contributed by atoms with Crippen LogP contribution < -0.4 is 5.73 Å². The van der Waals surface area contributed by atoms with Crippen molar-refractivity contribution >= 4 is 17.7 Å². The van der Waals surface area contributed by atoms with Crippen LogP contribution in [0.4, 0.5) is 0 Å². The third-order valence-corrected chi connectivity index (χ3v) is 1.83. The molecular formula is C6H7N3OS. The van der Waals surface area contributed by atoms with Crippen LogP contribution in [0.2, 0.25) is 0 Å². The third-order valence-electron chi connectivity index (χ3n) is 0.968. The van der Waals surface area contributed by atoms with Crippen molar-refractivity contribution in [2.24, 2.45) is 5.73 Å². The van der Waals surface area contributed by atoms with Gasteiger partial charge in [0.05, 0.1) is 4.91 Å². The number of amides is 1. The number of nitrogens with one attached hydrogen (secondary N) is 1. The van der Waals surface area contributed by atoms with Gasteiger partial charge in [-0.05, 0) is 11.8 Å². The van der Waals surface area contributed by atoms with Gasteiger partial charge in [-0.2, -0.15) is 0 Å². The van der Waals surface area contributed by atoms with Crippen LogP contribution in [0.5, 0.6) is 0 Å². The normalized spacial score (nSPS) is 9.45. The number of aromatic amines is 1. The molecule has 0 unspecified atom stereocenters. The molecule has 0 spiro atoms. The van der Waals surface area contributed by atoms with E-state index in [0.29, 0.717) is 5.16 Å². The highest BCUT2D eigenvalue weighted by Crippen LogP contribution is 2.19. The fourth-order valence-electron chi connectivity index (χ4n) is 0.474. The van der Waals surface area contributed by atoms with Crippen molar-refractivity contribution in [2.45, 2.75) is 5.16 Å². The van der Waals surface area contributed by atoms with Crippen LogP contribution in [0.15, 0.2) is 29.0 Å². The maximum Gasteiger partial charge on any atom is 0.254 e. The van der Waals surface area contributed by atoms with E-state index in [2.05, 4.69) is 16.5 Å². The second-order valence-electron chi connectivity index (χ2n) is 1.78. The average molecular weight is 169 g/mol. The topological polar surface area (TPSA) is 71.8 Å². The Morgan fingerprint density at radius 1 is 1.82 bits per heavy atom. The van der Waals surface area contributed by atoms with Gasteiger partial charge in [0.25, 0.3) is 5.91 Å². The predicted molar refractivity (Wildman–Crippen MR) is 42.8 cm³/mol. The SMILES string of the molecule is C=C(Sc1ncc[nH]1)C(N)=O. The summed E-state index contributed by atoms with van der Waals surface area (Å²) < 4.78 is 0. The molecule has 0 saturated heterocycles. The molecule has 1 amide bonds. The molecule has 1 aromatic heterocycles. The second-order valence-corrected chi connectivity index (χ2v) is 2.87. The van der Waals surface area contributed by atoms with Gasteiger partial charge in [0.15, 0.2) is 5.16 Å². The highest BCUT2D eigenvalue weighted by atomic mass is 32.2. The van der Waals surface area contributed by atoms with Gasteiger partial charge in [-0.25, -0.2) is 4.98 Å². The van der Waals surface area contributed by atoms with Crippen LogP contribution in [0.3, 0.4) is 0 Å². The van der Waals surface area contributed by atoms with Crippen molar-refractivity contribution < 1.29 is 4.79 Å². The van der Waals surface area contributed by atoms with E-state index in [0.717, 1.165) is 11.8 Å². The molecule has 58 valence electrons. The fraction of sp³-hybridized carbons (Fsp3) is 0. The minimum Gasteiger partial charge on any atom is -0.365 e. The number of nitrogens with two attached hydrogens (primary N) is 1. The lowest BCUT2D eigenvalue weighted by Gasteiger charge is -1.94. The summed E-state index contributed by atoms with van der Waals surface area (Å²) in [6.45, 7) is 3.46. The number of hydrogen-bond acceptors (Lipinski definition) is 3. The Kier molecular flexibility index (Phi) is 2.32. The number of nitrogens with zero attached hydrogens (tertiary/aromatic N) is 1. The molecule has 0 aliphatic heterocycles. The van der Waals surface area contributed by atoms with Gasteiger partial charge in [-0.1, -0.05) is 6.58 Å². The van der Waals surface area contributed by atoms with E-state index in [1.54, 1.807) is 12.4 Å². The Labute approximate surface area is 67.9 Å². The van der Waals surface area contributed by atoms with E-state index in [1.165, 1.54) is 0 Å². The van der Waals surface area contributed by atoms with Crippen molar-refractivity contribution in [3.8, 4) is 0 Å². The summed E-state index contributed by atoms with van der Waals surface area (Å²) in [4.78, 5) is 17.4. The van der Waals surface area contributed by atoms with E-state index < -0.39 is 5.91 Å². The number of carbonyl (C=O) groups is 1. The molecule has 0 fully saturated rings. The minimum atomic E-state index is -0.522. The van der Waals surface area contributed by atoms with Crippen LogP contribution in [-0.2, 0) is 4.79 Å². The first kappa shape index (κ1) is 7.87. The number of primary amides is 1. The first-order chi connectivity index (χ1) is 5.20. The maximum atomic E-state index is 10.5. The van der Waals surface area contributed by atoms with E-state index >= 15 is 0 Å². The lowest BCUT2D eigenvalue weighted by atomic mass is 10.6. The summed E-state index contributed by atoms with van der Waals surface area (Å²) in [5.74, 6) is -0.522. The molecule has 4 nitrogen and oxygen atoms in total. The number of imidazole rings is 1. The van der Waals surface area contributed by atoms with Crippen LogP contribution in [0.1, 0.15) is 0 Å². The Morgan fingerprint density at radius 3 is 3.00 bits per heavy atom. The van der Waals surface area contributed by atoms with Crippen molar-refractivity contribution in [3.05, 3.63) is 23.9 Å². The first-order valence-electron chi connectivity index (χ1n) is 2.86. The summed E-state index contributed by atoms with van der Waals surface area (Å²) >= 11 is 1.12. The molecular weight excluding hydrogens is 162 g/mol. The molecule has 0 aromatic carbocycles. The molecule has 0 bridgehead atoms. The lowest BCUT2D eigenvalue weighted by Crippen LogP contribution is -2.10. The monoisotopic (exact) mass is 169 g/mol. The molecule has 0 aliphatic carbocycles. The van der Waals surface area contributed by atoms with E-state index in [1.807, 2.05) is 0 Å². The summed E-state index contributed by atoms with van der Waals surface area (Å²) in [5.41, 5.74) is 4.95. The van der Waals surface area contributed by atoms with Gasteiger partial charge in [-0.3, -0.25) is 4.79 Å². The van der Waals surface area contributed by atoms with Gasteiger partial charge < -0.3 is 10.7 Å². The first-order valence-corrected chi connectivity index (χ1v) is 3.67. The van der Waals surface area contributed by atoms with E-state index in [4.69, 9.17) is 5.73 Å². The number of carbonyl (C=O) groups excluding carboxylic acids is 1. The molecule has 3 N–H and O–H groups in total. The molecule has 5 heteroatoms. The summed E-state index contributed by atoms with van der Waals surface area (Å²) in [7, 11) is 0. The molecule has 1 aromatic rings. The molecule has 0 radical (unpaired) electrons. The largest absolute Gasteiger partial charge is 0.365 e. The second kappa shape index (κ2) is 3.25.